The number of pyridine rings is 1. The molecule has 0 saturated carbocycles. The van der Waals surface area contributed by atoms with Gasteiger partial charge in [0, 0.05) is 42.0 Å². The van der Waals surface area contributed by atoms with Crippen LogP contribution in [0.2, 0.25) is 0 Å². The SMILES string of the molecule is C=CC1C[N+]2(Cc3cc(F)cc(F)c3F)CCC1C[C@H]2[C@H](O)c1ccnc2ccc(OC)cc12.[Br-]. The number of fused-ring (bicyclic) bond motifs is 4. The number of halogens is 4. The molecule has 4 heterocycles. The number of nitrogens with zero attached hydrogens (tertiary/aromatic N) is 2. The minimum absolute atomic E-state index is 0. The number of ether oxygens (including phenoxy) is 1. The summed E-state index contributed by atoms with van der Waals surface area (Å²) >= 11 is 0. The van der Waals surface area contributed by atoms with Crippen LogP contribution in [0.15, 0.2) is 55.3 Å². The van der Waals surface area contributed by atoms with Gasteiger partial charge in [-0.25, -0.2) is 13.2 Å². The van der Waals surface area contributed by atoms with Crippen molar-refractivity contribution in [2.45, 2.75) is 31.5 Å². The second-order valence-electron chi connectivity index (χ2n) is 9.62. The molecule has 35 heavy (non-hydrogen) atoms. The molecule has 2 bridgehead atoms. The molecule has 0 spiro atoms. The number of hydrogen-bond acceptors (Lipinski definition) is 3. The van der Waals surface area contributed by atoms with Gasteiger partial charge in [0.05, 0.1) is 25.7 Å². The van der Waals surface area contributed by atoms with Gasteiger partial charge in [-0.15, -0.1) is 6.58 Å². The van der Waals surface area contributed by atoms with Crippen LogP contribution in [0.25, 0.3) is 10.9 Å². The fraction of sp³-hybridized carbons (Fsp3) is 0.370. The smallest absolute Gasteiger partial charge is 0.167 e. The van der Waals surface area contributed by atoms with Crippen molar-refractivity contribution in [3.63, 3.8) is 0 Å². The highest BCUT2D eigenvalue weighted by Crippen LogP contribution is 2.48. The van der Waals surface area contributed by atoms with Crippen molar-refractivity contribution in [1.82, 2.24) is 4.98 Å². The van der Waals surface area contributed by atoms with E-state index in [2.05, 4.69) is 11.6 Å². The number of piperidine rings is 3. The molecule has 0 aliphatic carbocycles. The third-order valence-electron chi connectivity index (χ3n) is 7.89. The average molecular weight is 549 g/mol. The normalized spacial score (nSPS) is 26.3. The van der Waals surface area contributed by atoms with Crippen molar-refractivity contribution < 1.29 is 44.5 Å². The summed E-state index contributed by atoms with van der Waals surface area (Å²) in [4.78, 5) is 4.42. The monoisotopic (exact) mass is 548 g/mol. The Bertz CT molecular complexity index is 1260. The molecule has 3 fully saturated rings. The lowest BCUT2D eigenvalue weighted by Gasteiger charge is -2.58. The van der Waals surface area contributed by atoms with Gasteiger partial charge < -0.3 is 31.3 Å². The Morgan fingerprint density at radius 1 is 1.23 bits per heavy atom. The van der Waals surface area contributed by atoms with Gasteiger partial charge in [0.15, 0.2) is 11.6 Å². The minimum Gasteiger partial charge on any atom is -1.00 e. The van der Waals surface area contributed by atoms with Gasteiger partial charge >= 0.3 is 0 Å². The Kier molecular flexibility index (Phi) is 7.27. The Morgan fingerprint density at radius 3 is 2.77 bits per heavy atom. The van der Waals surface area contributed by atoms with Gasteiger partial charge in [-0.1, -0.05) is 6.08 Å². The van der Waals surface area contributed by atoms with Crippen molar-refractivity contribution in [1.29, 1.82) is 0 Å². The van der Waals surface area contributed by atoms with E-state index < -0.39 is 23.6 Å². The van der Waals surface area contributed by atoms with E-state index in [1.807, 2.05) is 24.3 Å². The predicted octanol–water partition coefficient (Wildman–Crippen LogP) is 2.31. The van der Waals surface area contributed by atoms with Crippen LogP contribution in [0.1, 0.15) is 30.1 Å². The summed E-state index contributed by atoms with van der Waals surface area (Å²) in [5.74, 6) is -1.80. The molecule has 3 unspecified atom stereocenters. The molecule has 6 rings (SSSR count). The predicted molar refractivity (Wildman–Crippen MR) is 123 cm³/mol. The van der Waals surface area contributed by atoms with Gasteiger partial charge in [-0.05, 0) is 41.8 Å². The van der Waals surface area contributed by atoms with Gasteiger partial charge in [0.2, 0.25) is 0 Å². The van der Waals surface area contributed by atoms with Crippen LogP contribution in [0.5, 0.6) is 5.75 Å². The standard InChI is InChI=1S/C27H28F3N2O2.BrH/c1-3-16-14-32(15-18-10-19(28)12-23(29)26(18)30)9-7-17(16)11-25(32)27(33)21-6-8-31-24-5-4-20(34-2)13-22(21)24;/h3-6,8,10,12-13,16-17,25,27,33H,1,7,9,11,14-15H2,2H3;1H/q+1;/p-1/t16?,17?,25-,27+,32?;/m0./s1. The van der Waals surface area contributed by atoms with E-state index in [1.165, 1.54) is 0 Å². The second-order valence-corrected chi connectivity index (χ2v) is 9.62. The largest absolute Gasteiger partial charge is 1.00 e. The van der Waals surface area contributed by atoms with Crippen LogP contribution in [0.4, 0.5) is 13.2 Å². The van der Waals surface area contributed by atoms with Crippen LogP contribution < -0.4 is 21.7 Å². The summed E-state index contributed by atoms with van der Waals surface area (Å²) in [6, 6.07) is 8.71. The quantitative estimate of drug-likeness (QED) is 0.292. The van der Waals surface area contributed by atoms with Gasteiger partial charge in [-0.2, -0.15) is 0 Å². The molecule has 3 saturated heterocycles. The fourth-order valence-corrected chi connectivity index (χ4v) is 6.18. The summed E-state index contributed by atoms with van der Waals surface area (Å²) in [6.07, 6.45) is 4.33. The molecule has 0 radical (unpaired) electrons. The maximum Gasteiger partial charge on any atom is 0.167 e. The number of rotatable bonds is 6. The molecule has 1 N–H and O–H groups in total. The molecule has 0 amide bonds. The Balaban J connectivity index is 0.00000289. The van der Waals surface area contributed by atoms with Crippen molar-refractivity contribution in [2.75, 3.05) is 20.2 Å². The zero-order valence-corrected chi connectivity index (χ0v) is 21.0. The van der Waals surface area contributed by atoms with Crippen LogP contribution in [0, 0.1) is 29.3 Å². The number of quaternary nitrogens is 1. The molecular weight excluding hydrogens is 521 g/mol. The highest BCUT2D eigenvalue weighted by Gasteiger charge is 2.54. The zero-order chi connectivity index (χ0) is 24.0. The maximum atomic E-state index is 14.7. The van der Waals surface area contributed by atoms with Crippen molar-refractivity contribution in [3.05, 3.63) is 83.8 Å². The van der Waals surface area contributed by atoms with E-state index in [0.29, 0.717) is 41.7 Å². The first-order valence-corrected chi connectivity index (χ1v) is 11.6. The zero-order valence-electron chi connectivity index (χ0n) is 19.4. The highest BCUT2D eigenvalue weighted by atomic mass is 79.9. The average Bonchev–Trinajstić information content (AvgIpc) is 2.85. The Hall–Kier alpha value is -2.42. The highest BCUT2D eigenvalue weighted by molar-refractivity contribution is 5.83. The van der Waals surface area contributed by atoms with E-state index >= 15 is 0 Å². The molecule has 3 aromatic rings. The van der Waals surface area contributed by atoms with Crippen LogP contribution in [-0.2, 0) is 6.54 Å². The molecule has 2 aromatic carbocycles. The first kappa shape index (κ1) is 25.7. The summed E-state index contributed by atoms with van der Waals surface area (Å²) in [7, 11) is 1.59. The first-order valence-electron chi connectivity index (χ1n) is 11.6. The van der Waals surface area contributed by atoms with Crippen LogP contribution in [0.3, 0.4) is 0 Å². The third-order valence-corrected chi connectivity index (χ3v) is 7.89. The number of aliphatic hydroxyl groups excluding tert-OH is 1. The van der Waals surface area contributed by atoms with Crippen molar-refractivity contribution in [3.8, 4) is 5.75 Å². The summed E-state index contributed by atoms with van der Waals surface area (Å²) in [5, 5.41) is 12.5. The third kappa shape index (κ3) is 4.47. The van der Waals surface area contributed by atoms with Crippen LogP contribution >= 0.6 is 0 Å². The fourth-order valence-electron chi connectivity index (χ4n) is 6.18. The molecule has 3 aliphatic rings. The van der Waals surface area contributed by atoms with Crippen LogP contribution in [-0.4, -0.2) is 40.8 Å². The number of aliphatic hydroxyl groups is 1. The number of aromatic nitrogens is 1. The summed E-state index contributed by atoms with van der Waals surface area (Å²) in [5.41, 5.74) is 1.46. The molecule has 3 aliphatic heterocycles. The summed E-state index contributed by atoms with van der Waals surface area (Å²) in [6.45, 7) is 5.42. The van der Waals surface area contributed by atoms with E-state index in [4.69, 9.17) is 4.74 Å². The Morgan fingerprint density at radius 2 is 2.03 bits per heavy atom. The lowest BCUT2D eigenvalue weighted by atomic mass is 9.71. The first-order chi connectivity index (χ1) is 16.3. The van der Waals surface area contributed by atoms with E-state index in [0.717, 1.165) is 29.0 Å². The molecule has 1 aromatic heterocycles. The molecule has 8 heteroatoms. The number of hydrogen-bond donors (Lipinski definition) is 1. The van der Waals surface area contributed by atoms with Crippen molar-refractivity contribution in [2.24, 2.45) is 11.8 Å². The lowest BCUT2D eigenvalue weighted by Crippen LogP contribution is -3.00. The van der Waals surface area contributed by atoms with Gasteiger partial charge in [0.25, 0.3) is 0 Å². The molecule has 4 nitrogen and oxygen atoms in total. The van der Waals surface area contributed by atoms with Crippen molar-refractivity contribution >= 4 is 10.9 Å². The maximum absolute atomic E-state index is 14.7. The second kappa shape index (κ2) is 9.91. The van der Waals surface area contributed by atoms with Gasteiger partial charge in [0.1, 0.15) is 30.3 Å². The number of benzene rings is 2. The van der Waals surface area contributed by atoms with Gasteiger partial charge in [-0.3, -0.25) is 4.98 Å². The molecule has 5 atom stereocenters. The van der Waals surface area contributed by atoms with E-state index in [9.17, 15) is 18.3 Å². The Labute approximate surface area is 213 Å². The lowest BCUT2D eigenvalue weighted by molar-refractivity contribution is -0.985. The topological polar surface area (TPSA) is 42.4 Å². The minimum atomic E-state index is -1.19. The number of methoxy groups -OCH3 is 1. The molecular formula is C27H28BrF3N2O2. The summed E-state index contributed by atoms with van der Waals surface area (Å²) < 4.78 is 48.5. The van der Waals surface area contributed by atoms with E-state index in [1.54, 1.807) is 19.4 Å². The van der Waals surface area contributed by atoms with E-state index in [-0.39, 0.29) is 41.0 Å². The molecule has 186 valence electrons.